The molecule has 1 fully saturated rings. The summed E-state index contributed by atoms with van der Waals surface area (Å²) in [6.45, 7) is 0.719. The molecule has 0 bridgehead atoms. The van der Waals surface area contributed by atoms with Crippen molar-refractivity contribution in [3.8, 4) is 5.75 Å². The zero-order valence-corrected chi connectivity index (χ0v) is 8.16. The van der Waals surface area contributed by atoms with Crippen LogP contribution in [0.15, 0.2) is 18.2 Å². The maximum Gasteiger partial charge on any atom is 0.243 e. The van der Waals surface area contributed by atoms with E-state index in [4.69, 9.17) is 0 Å². The van der Waals surface area contributed by atoms with Crippen molar-refractivity contribution in [3.05, 3.63) is 23.8 Å². The van der Waals surface area contributed by atoms with Crippen molar-refractivity contribution >= 4 is 11.6 Å². The molecule has 2 unspecified atom stereocenters. The summed E-state index contributed by atoms with van der Waals surface area (Å²) in [5, 5.41) is 15.5. The molecule has 1 saturated heterocycles. The van der Waals surface area contributed by atoms with E-state index >= 15 is 0 Å². The summed E-state index contributed by atoms with van der Waals surface area (Å²) in [5.41, 5.74) is 2.04. The van der Waals surface area contributed by atoms with Gasteiger partial charge < -0.3 is 15.7 Å². The van der Waals surface area contributed by atoms with Crippen molar-refractivity contribution in [1.82, 2.24) is 5.32 Å². The third kappa shape index (κ3) is 1.17. The first-order valence-electron chi connectivity index (χ1n) is 5.13. The van der Waals surface area contributed by atoms with Crippen molar-refractivity contribution in [2.75, 3.05) is 11.9 Å². The van der Waals surface area contributed by atoms with Gasteiger partial charge >= 0.3 is 0 Å². The Morgan fingerprint density at radius 3 is 3.13 bits per heavy atom. The molecule has 2 atom stereocenters. The summed E-state index contributed by atoms with van der Waals surface area (Å²) in [6.07, 6.45) is 0.930. The molecule has 0 radical (unpaired) electrons. The SMILES string of the molecule is O=C1NCCC2c3cc(O)ccc3NC12. The maximum atomic E-state index is 11.6. The molecule has 0 aliphatic carbocycles. The van der Waals surface area contributed by atoms with Crippen LogP contribution in [0.25, 0.3) is 0 Å². The van der Waals surface area contributed by atoms with E-state index in [0.717, 1.165) is 24.2 Å². The Labute approximate surface area is 87.3 Å². The van der Waals surface area contributed by atoms with Crippen LogP contribution in [0.5, 0.6) is 5.75 Å². The Balaban J connectivity index is 2.05. The van der Waals surface area contributed by atoms with E-state index in [-0.39, 0.29) is 23.6 Å². The van der Waals surface area contributed by atoms with Crippen LogP contribution in [0.2, 0.25) is 0 Å². The fraction of sp³-hybridized carbons (Fsp3) is 0.364. The summed E-state index contributed by atoms with van der Waals surface area (Å²) >= 11 is 0. The van der Waals surface area contributed by atoms with E-state index in [2.05, 4.69) is 10.6 Å². The molecule has 4 nitrogen and oxygen atoms in total. The van der Waals surface area contributed by atoms with Crippen LogP contribution in [0.3, 0.4) is 0 Å². The van der Waals surface area contributed by atoms with Crippen molar-refractivity contribution in [2.24, 2.45) is 0 Å². The van der Waals surface area contributed by atoms with Gasteiger partial charge in [0.05, 0.1) is 0 Å². The van der Waals surface area contributed by atoms with Gasteiger partial charge in [0.25, 0.3) is 0 Å². The van der Waals surface area contributed by atoms with Crippen LogP contribution < -0.4 is 10.6 Å². The Bertz CT molecular complexity index is 431. The fourth-order valence-corrected chi connectivity index (χ4v) is 2.47. The Kier molecular flexibility index (Phi) is 1.65. The van der Waals surface area contributed by atoms with Crippen LogP contribution in [0.4, 0.5) is 5.69 Å². The molecule has 0 spiro atoms. The number of piperidine rings is 1. The molecule has 2 heterocycles. The van der Waals surface area contributed by atoms with E-state index in [9.17, 15) is 9.90 Å². The van der Waals surface area contributed by atoms with E-state index in [1.165, 1.54) is 0 Å². The Morgan fingerprint density at radius 2 is 2.27 bits per heavy atom. The van der Waals surface area contributed by atoms with Crippen molar-refractivity contribution in [3.63, 3.8) is 0 Å². The molecular formula is C11H12N2O2. The second kappa shape index (κ2) is 2.89. The van der Waals surface area contributed by atoms with Gasteiger partial charge in [0.2, 0.25) is 5.91 Å². The summed E-state index contributed by atoms with van der Waals surface area (Å²) < 4.78 is 0. The van der Waals surface area contributed by atoms with Crippen molar-refractivity contribution in [2.45, 2.75) is 18.4 Å². The van der Waals surface area contributed by atoms with Gasteiger partial charge in [-0.05, 0) is 30.2 Å². The fourth-order valence-electron chi connectivity index (χ4n) is 2.47. The van der Waals surface area contributed by atoms with E-state index < -0.39 is 0 Å². The van der Waals surface area contributed by atoms with Gasteiger partial charge in [-0.1, -0.05) is 0 Å². The summed E-state index contributed by atoms with van der Waals surface area (Å²) in [7, 11) is 0. The number of nitrogens with one attached hydrogen (secondary N) is 2. The van der Waals surface area contributed by atoms with E-state index in [1.807, 2.05) is 6.07 Å². The Hall–Kier alpha value is -1.71. The third-order valence-electron chi connectivity index (χ3n) is 3.19. The zero-order chi connectivity index (χ0) is 10.4. The highest BCUT2D eigenvalue weighted by atomic mass is 16.3. The van der Waals surface area contributed by atoms with Gasteiger partial charge in [0.1, 0.15) is 11.8 Å². The van der Waals surface area contributed by atoms with Gasteiger partial charge in [-0.2, -0.15) is 0 Å². The van der Waals surface area contributed by atoms with E-state index in [0.29, 0.717) is 0 Å². The highest BCUT2D eigenvalue weighted by Crippen LogP contribution is 2.40. The quantitative estimate of drug-likeness (QED) is 0.547. The summed E-state index contributed by atoms with van der Waals surface area (Å²) in [4.78, 5) is 11.6. The first-order valence-corrected chi connectivity index (χ1v) is 5.13. The zero-order valence-electron chi connectivity index (χ0n) is 8.16. The minimum absolute atomic E-state index is 0.0574. The molecular weight excluding hydrogens is 192 g/mol. The number of carbonyl (C=O) groups excluding carboxylic acids is 1. The van der Waals surface area contributed by atoms with Gasteiger partial charge in [-0.25, -0.2) is 0 Å². The molecule has 1 aromatic carbocycles. The minimum Gasteiger partial charge on any atom is -0.508 e. The number of hydrogen-bond acceptors (Lipinski definition) is 3. The largest absolute Gasteiger partial charge is 0.508 e. The number of phenols is 1. The number of aromatic hydroxyl groups is 1. The third-order valence-corrected chi connectivity index (χ3v) is 3.19. The normalized spacial score (nSPS) is 27.6. The van der Waals surface area contributed by atoms with Crippen LogP contribution >= 0.6 is 0 Å². The van der Waals surface area contributed by atoms with Crippen molar-refractivity contribution < 1.29 is 9.90 Å². The average Bonchev–Trinajstić information content (AvgIpc) is 2.58. The van der Waals surface area contributed by atoms with Crippen LogP contribution in [-0.2, 0) is 4.79 Å². The number of hydrogen-bond donors (Lipinski definition) is 3. The molecule has 3 rings (SSSR count). The maximum absolute atomic E-state index is 11.6. The molecule has 2 aliphatic rings. The number of carbonyl (C=O) groups is 1. The molecule has 0 saturated carbocycles. The smallest absolute Gasteiger partial charge is 0.243 e. The number of anilines is 1. The Morgan fingerprint density at radius 1 is 1.40 bits per heavy atom. The summed E-state index contributed by atoms with van der Waals surface area (Å²) in [5.74, 6) is 0.532. The number of phenolic OH excluding ortho intramolecular Hbond substituents is 1. The molecule has 0 aromatic heterocycles. The topological polar surface area (TPSA) is 61.4 Å². The molecule has 1 aromatic rings. The predicted molar refractivity (Wildman–Crippen MR) is 55.9 cm³/mol. The van der Waals surface area contributed by atoms with Crippen LogP contribution in [0, 0.1) is 0 Å². The number of fused-ring (bicyclic) bond motifs is 3. The summed E-state index contributed by atoms with van der Waals surface area (Å²) in [6, 6.07) is 5.07. The second-order valence-electron chi connectivity index (χ2n) is 4.08. The van der Waals surface area contributed by atoms with Gasteiger partial charge in [-0.15, -0.1) is 0 Å². The molecule has 1 amide bonds. The standard InChI is InChI=1S/C11H12N2O2/c14-6-1-2-9-8(5-6)7-3-4-12-11(15)10(7)13-9/h1-2,5,7,10,13-14H,3-4H2,(H,12,15). The molecule has 3 N–H and O–H groups in total. The molecule has 78 valence electrons. The lowest BCUT2D eigenvalue weighted by Gasteiger charge is -2.25. The molecule has 2 aliphatic heterocycles. The lowest BCUT2D eigenvalue weighted by molar-refractivity contribution is -0.123. The van der Waals surface area contributed by atoms with E-state index in [1.54, 1.807) is 12.1 Å². The molecule has 4 heteroatoms. The van der Waals surface area contributed by atoms with Gasteiger partial charge in [-0.3, -0.25) is 4.79 Å². The van der Waals surface area contributed by atoms with Gasteiger partial charge in [0, 0.05) is 18.2 Å². The average molecular weight is 204 g/mol. The van der Waals surface area contributed by atoms with Crippen molar-refractivity contribution in [1.29, 1.82) is 0 Å². The lowest BCUT2D eigenvalue weighted by Crippen LogP contribution is -2.46. The lowest BCUT2D eigenvalue weighted by atomic mass is 9.89. The first kappa shape index (κ1) is 8.59. The number of rotatable bonds is 0. The number of benzene rings is 1. The minimum atomic E-state index is -0.157. The molecule has 15 heavy (non-hydrogen) atoms. The monoisotopic (exact) mass is 204 g/mol. The highest BCUT2D eigenvalue weighted by Gasteiger charge is 2.39. The second-order valence-corrected chi connectivity index (χ2v) is 4.08. The number of amides is 1. The van der Waals surface area contributed by atoms with Crippen LogP contribution in [-0.4, -0.2) is 23.6 Å². The predicted octanol–water partition coefficient (Wildman–Crippen LogP) is 0.790. The first-order chi connectivity index (χ1) is 7.25. The van der Waals surface area contributed by atoms with Crippen LogP contribution in [0.1, 0.15) is 17.9 Å². The highest BCUT2D eigenvalue weighted by molar-refractivity contribution is 5.89. The van der Waals surface area contributed by atoms with Gasteiger partial charge in [0.15, 0.2) is 0 Å².